The predicted octanol–water partition coefficient (Wildman–Crippen LogP) is 2.61. The summed E-state index contributed by atoms with van der Waals surface area (Å²) in [5.74, 6) is 0. The maximum atomic E-state index is 12.8. The number of hydrogen-bond donors (Lipinski definition) is 1. The van der Waals surface area contributed by atoms with Crippen molar-refractivity contribution in [3.05, 3.63) is 35.9 Å². The molecule has 0 heterocycles. The molecule has 0 aliphatic rings. The predicted molar refractivity (Wildman–Crippen MR) is 45.8 cm³/mol. The third-order valence-corrected chi connectivity index (χ3v) is 1.80. The van der Waals surface area contributed by atoms with Gasteiger partial charge in [-0.05, 0) is 12.5 Å². The summed E-state index contributed by atoms with van der Waals surface area (Å²) in [6, 6.07) is 7.86. The van der Waals surface area contributed by atoms with Crippen LogP contribution in [0.1, 0.15) is 18.5 Å². The third-order valence-electron chi connectivity index (χ3n) is 1.80. The maximum absolute atomic E-state index is 12.8. The third kappa shape index (κ3) is 2.18. The smallest absolute Gasteiger partial charge is 0.436 e. The SMILES string of the molecule is CC(c1ccccc1)N(F)C(=O)O. The highest BCUT2D eigenvalue weighted by molar-refractivity contribution is 5.64. The van der Waals surface area contributed by atoms with Crippen LogP contribution in [0.3, 0.4) is 0 Å². The van der Waals surface area contributed by atoms with Crippen LogP contribution >= 0.6 is 0 Å². The second-order valence-electron chi connectivity index (χ2n) is 2.68. The van der Waals surface area contributed by atoms with Gasteiger partial charge in [-0.3, -0.25) is 0 Å². The Hall–Kier alpha value is -1.58. The number of nitrogens with zero attached hydrogens (tertiary/aromatic N) is 1. The lowest BCUT2D eigenvalue weighted by Gasteiger charge is -2.16. The maximum Gasteiger partial charge on any atom is 0.436 e. The lowest BCUT2D eigenvalue weighted by atomic mass is 10.1. The van der Waals surface area contributed by atoms with Crippen LogP contribution < -0.4 is 0 Å². The second-order valence-corrected chi connectivity index (χ2v) is 2.68. The van der Waals surface area contributed by atoms with Crippen molar-refractivity contribution in [2.75, 3.05) is 0 Å². The summed E-state index contributed by atoms with van der Waals surface area (Å²) < 4.78 is 12.8. The molecule has 1 N–H and O–H groups in total. The topological polar surface area (TPSA) is 40.5 Å². The molecule has 0 fully saturated rings. The standard InChI is InChI=1S/C9H10FNO2/c1-7(11(10)9(12)13)8-5-3-2-4-6-8/h2-7H,1H3,(H,12,13). The quantitative estimate of drug-likeness (QED) is 0.716. The van der Waals surface area contributed by atoms with Gasteiger partial charge in [0.1, 0.15) is 0 Å². The van der Waals surface area contributed by atoms with E-state index < -0.39 is 12.1 Å². The van der Waals surface area contributed by atoms with Gasteiger partial charge in [0.2, 0.25) is 0 Å². The molecule has 0 aromatic heterocycles. The number of rotatable bonds is 2. The Balaban J connectivity index is 2.79. The molecule has 0 bridgehead atoms. The second kappa shape index (κ2) is 3.89. The Kier molecular flexibility index (Phi) is 2.84. The van der Waals surface area contributed by atoms with Crippen LogP contribution in [0.4, 0.5) is 9.28 Å². The summed E-state index contributed by atoms with van der Waals surface area (Å²) in [7, 11) is 0. The molecule has 1 unspecified atom stereocenters. The first-order valence-corrected chi connectivity index (χ1v) is 3.86. The Morgan fingerprint density at radius 2 is 2.00 bits per heavy atom. The Morgan fingerprint density at radius 3 is 2.46 bits per heavy atom. The molecule has 0 aliphatic carbocycles. The highest BCUT2D eigenvalue weighted by Crippen LogP contribution is 2.19. The van der Waals surface area contributed by atoms with Gasteiger partial charge in [-0.15, -0.1) is 5.12 Å². The first kappa shape index (κ1) is 9.51. The van der Waals surface area contributed by atoms with E-state index in [-0.39, 0.29) is 5.12 Å². The fourth-order valence-corrected chi connectivity index (χ4v) is 1.03. The van der Waals surface area contributed by atoms with E-state index in [1.807, 2.05) is 0 Å². The first-order valence-electron chi connectivity index (χ1n) is 3.86. The van der Waals surface area contributed by atoms with E-state index in [9.17, 15) is 9.28 Å². The molecule has 0 aliphatic heterocycles. The zero-order valence-electron chi connectivity index (χ0n) is 7.14. The molecular formula is C9H10FNO2. The summed E-state index contributed by atoms with van der Waals surface area (Å²) in [6.45, 7) is 1.49. The highest BCUT2D eigenvalue weighted by Gasteiger charge is 2.19. The van der Waals surface area contributed by atoms with Crippen molar-refractivity contribution in [3.63, 3.8) is 0 Å². The minimum Gasteiger partial charge on any atom is -0.463 e. The van der Waals surface area contributed by atoms with Crippen molar-refractivity contribution in [1.82, 2.24) is 5.12 Å². The molecular weight excluding hydrogens is 173 g/mol. The fourth-order valence-electron chi connectivity index (χ4n) is 1.03. The first-order chi connectivity index (χ1) is 6.13. The van der Waals surface area contributed by atoms with Crippen LogP contribution in [-0.2, 0) is 0 Å². The summed E-state index contributed by atoms with van der Waals surface area (Å²) in [6.07, 6.45) is -1.57. The molecule has 1 aromatic carbocycles. The van der Waals surface area contributed by atoms with Gasteiger partial charge in [0.05, 0.1) is 6.04 Å². The Bertz CT molecular complexity index is 289. The average Bonchev–Trinajstić information content (AvgIpc) is 2.17. The van der Waals surface area contributed by atoms with Crippen LogP contribution in [0.15, 0.2) is 30.3 Å². The zero-order valence-corrected chi connectivity index (χ0v) is 7.14. The van der Waals surface area contributed by atoms with Crippen LogP contribution in [-0.4, -0.2) is 16.3 Å². The number of benzene rings is 1. The van der Waals surface area contributed by atoms with Gasteiger partial charge >= 0.3 is 6.09 Å². The number of halogens is 1. The lowest BCUT2D eigenvalue weighted by Crippen LogP contribution is -2.23. The lowest BCUT2D eigenvalue weighted by molar-refractivity contribution is 0.000635. The largest absolute Gasteiger partial charge is 0.463 e. The van der Waals surface area contributed by atoms with Gasteiger partial charge in [0.25, 0.3) is 0 Å². The van der Waals surface area contributed by atoms with E-state index in [4.69, 9.17) is 5.11 Å². The number of hydrogen-bond acceptors (Lipinski definition) is 1. The monoisotopic (exact) mass is 183 g/mol. The molecule has 1 atom stereocenters. The minimum absolute atomic E-state index is 0.213. The van der Waals surface area contributed by atoms with Gasteiger partial charge < -0.3 is 5.11 Å². The number of carboxylic acid groups (broad SMARTS) is 1. The van der Waals surface area contributed by atoms with E-state index in [1.54, 1.807) is 30.3 Å². The molecule has 70 valence electrons. The van der Waals surface area contributed by atoms with E-state index in [2.05, 4.69) is 0 Å². The minimum atomic E-state index is -1.57. The molecule has 0 spiro atoms. The van der Waals surface area contributed by atoms with E-state index in [1.165, 1.54) is 6.92 Å². The highest BCUT2D eigenvalue weighted by atomic mass is 19.2. The van der Waals surface area contributed by atoms with Gasteiger partial charge in [-0.2, -0.15) is 0 Å². The van der Waals surface area contributed by atoms with Crippen molar-refractivity contribution < 1.29 is 14.4 Å². The molecule has 0 radical (unpaired) electrons. The normalized spacial score (nSPS) is 12.2. The van der Waals surface area contributed by atoms with Crippen molar-refractivity contribution in [2.24, 2.45) is 0 Å². The zero-order chi connectivity index (χ0) is 9.84. The van der Waals surface area contributed by atoms with Crippen molar-refractivity contribution >= 4 is 6.09 Å². The summed E-state index contributed by atoms with van der Waals surface area (Å²) >= 11 is 0. The van der Waals surface area contributed by atoms with Crippen LogP contribution in [0.25, 0.3) is 0 Å². The van der Waals surface area contributed by atoms with E-state index in [0.717, 1.165) is 0 Å². The molecule has 1 amide bonds. The number of carbonyl (C=O) groups is 1. The van der Waals surface area contributed by atoms with Crippen LogP contribution in [0.5, 0.6) is 0 Å². The van der Waals surface area contributed by atoms with Crippen LogP contribution in [0.2, 0.25) is 0 Å². The molecule has 4 heteroatoms. The van der Waals surface area contributed by atoms with E-state index >= 15 is 0 Å². The Morgan fingerprint density at radius 1 is 1.46 bits per heavy atom. The molecule has 1 rings (SSSR count). The van der Waals surface area contributed by atoms with Crippen molar-refractivity contribution in [3.8, 4) is 0 Å². The fraction of sp³-hybridized carbons (Fsp3) is 0.222. The number of amides is 1. The van der Waals surface area contributed by atoms with Crippen molar-refractivity contribution in [2.45, 2.75) is 13.0 Å². The molecule has 13 heavy (non-hydrogen) atoms. The summed E-state index contributed by atoms with van der Waals surface area (Å²) in [4.78, 5) is 10.3. The van der Waals surface area contributed by atoms with Gasteiger partial charge in [0.15, 0.2) is 0 Å². The van der Waals surface area contributed by atoms with Crippen LogP contribution in [0, 0.1) is 0 Å². The van der Waals surface area contributed by atoms with Gasteiger partial charge in [0, 0.05) is 0 Å². The Labute approximate surface area is 75.3 Å². The average molecular weight is 183 g/mol. The molecule has 0 saturated carbocycles. The summed E-state index contributed by atoms with van der Waals surface area (Å²) in [5.41, 5.74) is 0.632. The molecule has 1 aromatic rings. The van der Waals surface area contributed by atoms with E-state index in [0.29, 0.717) is 5.56 Å². The molecule has 3 nitrogen and oxygen atoms in total. The van der Waals surface area contributed by atoms with Gasteiger partial charge in [-0.25, -0.2) is 4.79 Å². The van der Waals surface area contributed by atoms with Crippen molar-refractivity contribution in [1.29, 1.82) is 0 Å². The summed E-state index contributed by atoms with van der Waals surface area (Å²) in [5, 5.41) is 8.15. The molecule has 0 saturated heterocycles. The van der Waals surface area contributed by atoms with Gasteiger partial charge in [-0.1, -0.05) is 34.8 Å².